The summed E-state index contributed by atoms with van der Waals surface area (Å²) in [5.41, 5.74) is 1.13. The molecule has 136 valence electrons. The van der Waals surface area contributed by atoms with Crippen LogP contribution >= 0.6 is 0 Å². The summed E-state index contributed by atoms with van der Waals surface area (Å²) in [5.74, 6) is 0. The smallest absolute Gasteiger partial charge is 0.115 e. The second-order valence-corrected chi connectivity index (χ2v) is 7.17. The molecule has 0 spiro atoms. The van der Waals surface area contributed by atoms with Gasteiger partial charge < -0.3 is 5.11 Å². The van der Waals surface area contributed by atoms with Crippen molar-refractivity contribution in [2.75, 3.05) is 0 Å². The van der Waals surface area contributed by atoms with Gasteiger partial charge in [0.05, 0.1) is 0 Å². The Bertz CT molecular complexity index is 522. The molecule has 0 atom stereocenters. The molecule has 0 aliphatic heterocycles. The summed E-state index contributed by atoms with van der Waals surface area (Å²) < 4.78 is 0. The van der Waals surface area contributed by atoms with Gasteiger partial charge in [-0.15, -0.1) is 0 Å². The Morgan fingerprint density at radius 3 is 1.44 bits per heavy atom. The third-order valence-electron chi connectivity index (χ3n) is 5.14. The number of hydrogen-bond acceptors (Lipinski definition) is 1. The maximum Gasteiger partial charge on any atom is 0.115 e. The van der Waals surface area contributed by atoms with E-state index in [2.05, 4.69) is 6.92 Å². The number of aliphatic hydroxyl groups is 1. The number of hydrogen-bond donors (Lipinski definition) is 1. The topological polar surface area (TPSA) is 20.2 Å². The van der Waals surface area contributed by atoms with Crippen molar-refractivity contribution in [2.45, 2.75) is 76.7 Å². The van der Waals surface area contributed by atoms with Gasteiger partial charge in [0.15, 0.2) is 0 Å². The molecule has 2 rings (SSSR count). The van der Waals surface area contributed by atoms with Crippen molar-refractivity contribution in [3.8, 4) is 0 Å². The first-order chi connectivity index (χ1) is 12.3. The van der Waals surface area contributed by atoms with Crippen LogP contribution in [0.25, 0.3) is 0 Å². The van der Waals surface area contributed by atoms with E-state index in [1.165, 1.54) is 51.4 Å². The van der Waals surface area contributed by atoms with Gasteiger partial charge in [-0.1, -0.05) is 119 Å². The highest BCUT2D eigenvalue weighted by Gasteiger charge is 2.30. The van der Waals surface area contributed by atoms with E-state index in [4.69, 9.17) is 0 Å². The molecule has 0 unspecified atom stereocenters. The van der Waals surface area contributed by atoms with Crippen LogP contribution in [0.3, 0.4) is 0 Å². The van der Waals surface area contributed by atoms with Crippen molar-refractivity contribution in [1.29, 1.82) is 0 Å². The number of rotatable bonds is 12. The Morgan fingerprint density at radius 1 is 0.600 bits per heavy atom. The summed E-state index contributed by atoms with van der Waals surface area (Å²) in [4.78, 5) is 0. The van der Waals surface area contributed by atoms with Crippen LogP contribution in [0.4, 0.5) is 0 Å². The molecule has 2 aromatic rings. The van der Waals surface area contributed by atoms with E-state index in [-0.39, 0.29) is 0 Å². The Kier molecular flexibility index (Phi) is 8.76. The molecule has 0 radical (unpaired) electrons. The molecule has 0 aliphatic carbocycles. The minimum atomic E-state index is -0.871. The minimum Gasteiger partial charge on any atom is -0.380 e. The van der Waals surface area contributed by atoms with E-state index in [0.29, 0.717) is 0 Å². The molecule has 0 heterocycles. The van der Waals surface area contributed by atoms with Crippen molar-refractivity contribution in [2.24, 2.45) is 0 Å². The van der Waals surface area contributed by atoms with E-state index in [1.54, 1.807) is 0 Å². The molecule has 1 heteroatoms. The Morgan fingerprint density at radius 2 is 1.00 bits per heavy atom. The molecule has 25 heavy (non-hydrogen) atoms. The lowest BCUT2D eigenvalue weighted by Gasteiger charge is -2.29. The van der Waals surface area contributed by atoms with Gasteiger partial charge >= 0.3 is 0 Å². The zero-order valence-electron chi connectivity index (χ0n) is 15.8. The fraction of sp³-hybridized carbons (Fsp3) is 0.500. The van der Waals surface area contributed by atoms with Gasteiger partial charge in [0.2, 0.25) is 0 Å². The van der Waals surface area contributed by atoms with Gasteiger partial charge in [0, 0.05) is 0 Å². The predicted octanol–water partition coefficient (Wildman–Crippen LogP) is 6.84. The predicted molar refractivity (Wildman–Crippen MR) is 108 cm³/mol. The highest BCUT2D eigenvalue weighted by atomic mass is 16.3. The molecule has 0 aliphatic rings. The largest absolute Gasteiger partial charge is 0.380 e. The van der Waals surface area contributed by atoms with Crippen LogP contribution in [-0.4, -0.2) is 5.11 Å². The number of unbranched alkanes of at least 4 members (excludes halogenated alkanes) is 8. The molecule has 0 fully saturated rings. The average Bonchev–Trinajstić information content (AvgIpc) is 2.68. The molecule has 2 aromatic carbocycles. The Labute approximate surface area is 154 Å². The molecule has 0 aromatic heterocycles. The second kappa shape index (κ2) is 11.1. The van der Waals surface area contributed by atoms with Crippen LogP contribution in [0.2, 0.25) is 0 Å². The second-order valence-electron chi connectivity index (χ2n) is 7.17. The van der Waals surface area contributed by atoms with E-state index < -0.39 is 5.60 Å². The van der Waals surface area contributed by atoms with E-state index in [0.717, 1.165) is 24.0 Å². The third-order valence-corrected chi connectivity index (χ3v) is 5.14. The van der Waals surface area contributed by atoms with Crippen LogP contribution in [0.1, 0.15) is 82.3 Å². The monoisotopic (exact) mass is 338 g/mol. The standard InChI is InChI=1S/C24H34O/c1-2-3-4-5-6-7-8-9-16-21-24(25,22-17-12-10-13-18-22)23-19-14-11-15-20-23/h10-15,17-20,25H,2-9,16,21H2,1H3. The average molecular weight is 339 g/mol. The van der Waals surface area contributed by atoms with Gasteiger partial charge in [0.25, 0.3) is 0 Å². The van der Waals surface area contributed by atoms with Gasteiger partial charge in [0.1, 0.15) is 5.60 Å². The van der Waals surface area contributed by atoms with Gasteiger partial charge in [-0.25, -0.2) is 0 Å². The van der Waals surface area contributed by atoms with Gasteiger partial charge in [-0.2, -0.15) is 0 Å². The zero-order valence-corrected chi connectivity index (χ0v) is 15.8. The molecule has 0 amide bonds. The highest BCUT2D eigenvalue weighted by Crippen LogP contribution is 2.34. The maximum absolute atomic E-state index is 11.5. The summed E-state index contributed by atoms with van der Waals surface area (Å²) in [5, 5.41) is 11.5. The van der Waals surface area contributed by atoms with E-state index >= 15 is 0 Å². The Hall–Kier alpha value is -1.60. The summed E-state index contributed by atoms with van der Waals surface area (Å²) in [6, 6.07) is 20.2. The Balaban J connectivity index is 1.84. The lowest BCUT2D eigenvalue weighted by Crippen LogP contribution is -2.27. The van der Waals surface area contributed by atoms with Crippen LogP contribution in [-0.2, 0) is 5.60 Å². The third kappa shape index (κ3) is 6.32. The molecule has 0 bridgehead atoms. The normalized spacial score (nSPS) is 11.6. The van der Waals surface area contributed by atoms with Crippen molar-refractivity contribution < 1.29 is 5.11 Å². The van der Waals surface area contributed by atoms with Crippen LogP contribution < -0.4 is 0 Å². The lowest BCUT2D eigenvalue weighted by molar-refractivity contribution is 0.0678. The van der Waals surface area contributed by atoms with Crippen LogP contribution in [0, 0.1) is 0 Å². The molecular formula is C24H34O. The molecule has 1 nitrogen and oxygen atoms in total. The molecular weight excluding hydrogens is 304 g/mol. The summed E-state index contributed by atoms with van der Waals surface area (Å²) >= 11 is 0. The summed E-state index contributed by atoms with van der Waals surface area (Å²) in [6.45, 7) is 2.26. The fourth-order valence-electron chi connectivity index (χ4n) is 3.57. The fourth-order valence-corrected chi connectivity index (χ4v) is 3.57. The van der Waals surface area contributed by atoms with Gasteiger partial charge in [-0.05, 0) is 24.0 Å². The van der Waals surface area contributed by atoms with E-state index in [1.807, 2.05) is 60.7 Å². The quantitative estimate of drug-likeness (QED) is 0.420. The minimum absolute atomic E-state index is 0.789. The van der Waals surface area contributed by atoms with Crippen molar-refractivity contribution in [3.63, 3.8) is 0 Å². The first kappa shape index (κ1) is 19.7. The summed E-state index contributed by atoms with van der Waals surface area (Å²) in [7, 11) is 0. The molecule has 0 saturated carbocycles. The van der Waals surface area contributed by atoms with Gasteiger partial charge in [-0.3, -0.25) is 0 Å². The SMILES string of the molecule is CCCCCCCCCCCC(O)(c1ccccc1)c1ccccc1. The summed E-state index contributed by atoms with van der Waals surface area (Å²) in [6.07, 6.45) is 12.5. The first-order valence-corrected chi connectivity index (χ1v) is 10.1. The van der Waals surface area contributed by atoms with Crippen molar-refractivity contribution in [3.05, 3.63) is 71.8 Å². The van der Waals surface area contributed by atoms with Crippen molar-refractivity contribution >= 4 is 0 Å². The maximum atomic E-state index is 11.5. The van der Waals surface area contributed by atoms with Crippen LogP contribution in [0.5, 0.6) is 0 Å². The highest BCUT2D eigenvalue weighted by molar-refractivity contribution is 5.35. The molecule has 0 saturated heterocycles. The molecule has 1 N–H and O–H groups in total. The van der Waals surface area contributed by atoms with Crippen LogP contribution in [0.15, 0.2) is 60.7 Å². The zero-order chi connectivity index (χ0) is 17.8. The first-order valence-electron chi connectivity index (χ1n) is 10.1. The van der Waals surface area contributed by atoms with Crippen molar-refractivity contribution in [1.82, 2.24) is 0 Å². The van der Waals surface area contributed by atoms with E-state index in [9.17, 15) is 5.11 Å². The lowest BCUT2D eigenvalue weighted by atomic mass is 9.82. The number of benzene rings is 2.